The second-order valence-corrected chi connectivity index (χ2v) is 5.03. The summed E-state index contributed by atoms with van der Waals surface area (Å²) in [6.07, 6.45) is 1.53. The lowest BCUT2D eigenvalue weighted by atomic mass is 10.0. The SMILES string of the molecule is CCOC(=O)c1cnc2c(C)cc(F)cc2c1N(CC)CC. The summed E-state index contributed by atoms with van der Waals surface area (Å²) < 4.78 is 19.0. The number of ether oxygens (including phenoxy) is 1. The van der Waals surface area contributed by atoms with Gasteiger partial charge in [-0.1, -0.05) is 0 Å². The Balaban J connectivity index is 2.80. The fourth-order valence-electron chi connectivity index (χ4n) is 2.66. The van der Waals surface area contributed by atoms with E-state index in [1.54, 1.807) is 6.92 Å². The average Bonchev–Trinajstić information content (AvgIpc) is 2.48. The summed E-state index contributed by atoms with van der Waals surface area (Å²) in [4.78, 5) is 18.6. The molecule has 0 aliphatic rings. The zero-order chi connectivity index (χ0) is 16.3. The van der Waals surface area contributed by atoms with Crippen molar-refractivity contribution in [2.45, 2.75) is 27.7 Å². The van der Waals surface area contributed by atoms with Crippen molar-refractivity contribution in [2.75, 3.05) is 24.6 Å². The van der Waals surface area contributed by atoms with E-state index in [9.17, 15) is 9.18 Å². The van der Waals surface area contributed by atoms with Crippen molar-refractivity contribution in [3.63, 3.8) is 0 Å². The smallest absolute Gasteiger partial charge is 0.341 e. The van der Waals surface area contributed by atoms with E-state index in [1.807, 2.05) is 25.7 Å². The number of halogens is 1. The lowest BCUT2D eigenvalue weighted by molar-refractivity contribution is 0.0527. The molecular formula is C17H21FN2O2. The second kappa shape index (κ2) is 6.73. The lowest BCUT2D eigenvalue weighted by Crippen LogP contribution is -2.25. The maximum atomic E-state index is 13.9. The van der Waals surface area contributed by atoms with Gasteiger partial charge in [0.05, 0.1) is 17.8 Å². The molecule has 0 saturated heterocycles. The second-order valence-electron chi connectivity index (χ2n) is 5.03. The number of pyridine rings is 1. The molecule has 0 aliphatic heterocycles. The van der Waals surface area contributed by atoms with Gasteiger partial charge in [0, 0.05) is 24.7 Å². The summed E-state index contributed by atoms with van der Waals surface area (Å²) in [6.45, 7) is 9.27. The first-order valence-corrected chi connectivity index (χ1v) is 7.54. The molecule has 0 saturated carbocycles. The normalized spacial score (nSPS) is 10.8. The Morgan fingerprint density at radius 3 is 2.55 bits per heavy atom. The molecule has 5 heteroatoms. The molecule has 0 N–H and O–H groups in total. The number of rotatable bonds is 5. The summed E-state index contributed by atoms with van der Waals surface area (Å²) in [5, 5.41) is 0.645. The van der Waals surface area contributed by atoms with Gasteiger partial charge in [-0.2, -0.15) is 0 Å². The summed E-state index contributed by atoms with van der Waals surface area (Å²) in [7, 11) is 0. The van der Waals surface area contributed by atoms with E-state index in [0.29, 0.717) is 35.2 Å². The molecule has 1 aromatic heterocycles. The molecule has 1 heterocycles. The number of hydrogen-bond acceptors (Lipinski definition) is 4. The van der Waals surface area contributed by atoms with Crippen molar-refractivity contribution in [2.24, 2.45) is 0 Å². The Bertz CT molecular complexity index is 697. The molecule has 0 bridgehead atoms. The average molecular weight is 304 g/mol. The summed E-state index contributed by atoms with van der Waals surface area (Å²) in [5.74, 6) is -0.762. The van der Waals surface area contributed by atoms with Crippen LogP contribution < -0.4 is 4.90 Å². The van der Waals surface area contributed by atoms with Gasteiger partial charge in [-0.25, -0.2) is 9.18 Å². The molecule has 118 valence electrons. The predicted molar refractivity (Wildman–Crippen MR) is 86.0 cm³/mol. The zero-order valence-corrected chi connectivity index (χ0v) is 13.4. The topological polar surface area (TPSA) is 42.4 Å². The third-order valence-electron chi connectivity index (χ3n) is 3.67. The standard InChI is InChI=1S/C17H21FN2O2/c1-5-20(6-2)16-13-9-12(18)8-11(4)15(13)19-10-14(16)17(21)22-7-3/h8-10H,5-7H2,1-4H3. The summed E-state index contributed by atoms with van der Waals surface area (Å²) in [6, 6.07) is 2.89. The van der Waals surface area contributed by atoms with Crippen LogP contribution in [-0.2, 0) is 4.74 Å². The van der Waals surface area contributed by atoms with Crippen molar-refractivity contribution >= 4 is 22.6 Å². The van der Waals surface area contributed by atoms with E-state index in [4.69, 9.17) is 4.74 Å². The molecule has 0 unspecified atom stereocenters. The highest BCUT2D eigenvalue weighted by atomic mass is 19.1. The summed E-state index contributed by atoms with van der Waals surface area (Å²) in [5.41, 5.74) is 2.52. The molecule has 0 spiro atoms. The van der Waals surface area contributed by atoms with Gasteiger partial charge in [0.2, 0.25) is 0 Å². The molecular weight excluding hydrogens is 283 g/mol. The molecule has 2 rings (SSSR count). The summed E-state index contributed by atoms with van der Waals surface area (Å²) >= 11 is 0. The van der Waals surface area contributed by atoms with E-state index >= 15 is 0 Å². The highest BCUT2D eigenvalue weighted by Crippen LogP contribution is 2.32. The number of carbonyl (C=O) groups excluding carboxylic acids is 1. The Labute approximate surface area is 129 Å². The van der Waals surface area contributed by atoms with Gasteiger partial charge in [0.1, 0.15) is 11.4 Å². The minimum absolute atomic E-state index is 0.288. The zero-order valence-electron chi connectivity index (χ0n) is 13.4. The van der Waals surface area contributed by atoms with Crippen molar-refractivity contribution in [1.82, 2.24) is 4.98 Å². The number of carbonyl (C=O) groups is 1. The van der Waals surface area contributed by atoms with Crippen molar-refractivity contribution in [3.05, 3.63) is 35.3 Å². The van der Waals surface area contributed by atoms with Gasteiger partial charge in [-0.3, -0.25) is 4.98 Å². The van der Waals surface area contributed by atoms with Gasteiger partial charge in [0.25, 0.3) is 0 Å². The number of esters is 1. The van der Waals surface area contributed by atoms with Gasteiger partial charge in [-0.15, -0.1) is 0 Å². The number of hydrogen-bond donors (Lipinski definition) is 0. The number of anilines is 1. The van der Waals surface area contributed by atoms with Crippen LogP contribution in [0.3, 0.4) is 0 Å². The Morgan fingerprint density at radius 1 is 1.27 bits per heavy atom. The van der Waals surface area contributed by atoms with Crippen molar-refractivity contribution in [3.8, 4) is 0 Å². The van der Waals surface area contributed by atoms with Gasteiger partial charge in [0.15, 0.2) is 0 Å². The highest BCUT2D eigenvalue weighted by Gasteiger charge is 2.21. The number of benzene rings is 1. The molecule has 0 fully saturated rings. The van der Waals surface area contributed by atoms with Crippen LogP contribution in [0.5, 0.6) is 0 Å². The van der Waals surface area contributed by atoms with E-state index < -0.39 is 5.97 Å². The Morgan fingerprint density at radius 2 is 1.95 bits per heavy atom. The number of aromatic nitrogens is 1. The van der Waals surface area contributed by atoms with E-state index in [2.05, 4.69) is 4.98 Å². The predicted octanol–water partition coefficient (Wildman–Crippen LogP) is 3.71. The maximum Gasteiger partial charge on any atom is 0.341 e. The fraction of sp³-hybridized carbons (Fsp3) is 0.412. The van der Waals surface area contributed by atoms with Crippen LogP contribution in [0.1, 0.15) is 36.7 Å². The van der Waals surface area contributed by atoms with Crippen molar-refractivity contribution in [1.29, 1.82) is 0 Å². The maximum absolute atomic E-state index is 13.9. The molecule has 22 heavy (non-hydrogen) atoms. The Kier molecular flexibility index (Phi) is 4.96. The monoisotopic (exact) mass is 304 g/mol. The molecule has 0 atom stereocenters. The van der Waals surface area contributed by atoms with Crippen LogP contribution in [0.4, 0.5) is 10.1 Å². The van der Waals surface area contributed by atoms with Gasteiger partial charge < -0.3 is 9.64 Å². The first kappa shape index (κ1) is 16.2. The van der Waals surface area contributed by atoms with Crippen LogP contribution in [-0.4, -0.2) is 30.6 Å². The van der Waals surface area contributed by atoms with Crippen LogP contribution in [0.2, 0.25) is 0 Å². The highest BCUT2D eigenvalue weighted by molar-refractivity contribution is 6.05. The first-order valence-electron chi connectivity index (χ1n) is 7.54. The van der Waals surface area contributed by atoms with Crippen LogP contribution in [0.25, 0.3) is 10.9 Å². The van der Waals surface area contributed by atoms with E-state index in [1.165, 1.54) is 18.3 Å². The largest absolute Gasteiger partial charge is 0.462 e. The Hall–Kier alpha value is -2.17. The van der Waals surface area contributed by atoms with Gasteiger partial charge >= 0.3 is 5.97 Å². The molecule has 1 aromatic carbocycles. The minimum Gasteiger partial charge on any atom is -0.462 e. The quantitative estimate of drug-likeness (QED) is 0.790. The lowest BCUT2D eigenvalue weighted by Gasteiger charge is -2.25. The number of aryl methyl sites for hydroxylation is 1. The minimum atomic E-state index is -0.430. The van der Waals surface area contributed by atoms with E-state index in [-0.39, 0.29) is 12.4 Å². The first-order chi connectivity index (χ1) is 10.5. The van der Waals surface area contributed by atoms with Crippen LogP contribution >= 0.6 is 0 Å². The molecule has 0 radical (unpaired) electrons. The third kappa shape index (κ3) is 2.89. The molecule has 4 nitrogen and oxygen atoms in total. The third-order valence-corrected chi connectivity index (χ3v) is 3.67. The van der Waals surface area contributed by atoms with Crippen LogP contribution in [0.15, 0.2) is 18.3 Å². The van der Waals surface area contributed by atoms with Gasteiger partial charge in [-0.05, 0) is 45.4 Å². The van der Waals surface area contributed by atoms with Crippen LogP contribution in [0, 0.1) is 12.7 Å². The van der Waals surface area contributed by atoms with E-state index in [0.717, 1.165) is 5.56 Å². The molecule has 2 aromatic rings. The molecule has 0 aliphatic carbocycles. The number of fused-ring (bicyclic) bond motifs is 1. The fourth-order valence-corrected chi connectivity index (χ4v) is 2.66. The molecule has 0 amide bonds. The van der Waals surface area contributed by atoms with Crippen molar-refractivity contribution < 1.29 is 13.9 Å². The number of nitrogens with zero attached hydrogens (tertiary/aromatic N) is 2.